The van der Waals surface area contributed by atoms with Crippen LogP contribution in [0, 0.1) is 0 Å². The smallest absolute Gasteiger partial charge is 0.392 e. The maximum absolute atomic E-state index is 12.7. The molecule has 2 N–H and O–H groups in total. The second kappa shape index (κ2) is 6.37. The first-order valence-corrected chi connectivity index (χ1v) is 7.70. The van der Waals surface area contributed by atoms with E-state index in [4.69, 9.17) is 4.55 Å². The lowest BCUT2D eigenvalue weighted by atomic mass is 9.86. The molecule has 0 spiro atoms. The Morgan fingerprint density at radius 3 is 1.95 bits per heavy atom. The van der Waals surface area contributed by atoms with Gasteiger partial charge in [-0.2, -0.15) is 8.42 Å². The van der Waals surface area contributed by atoms with Crippen LogP contribution in [-0.4, -0.2) is 30.5 Å². The molecule has 6 nitrogen and oxygen atoms in total. The number of carbonyl (C=O) groups is 1. The van der Waals surface area contributed by atoms with Gasteiger partial charge in [-0.05, 0) is 5.56 Å². The summed E-state index contributed by atoms with van der Waals surface area (Å²) in [5.74, 6) is -0.778. The van der Waals surface area contributed by atoms with Gasteiger partial charge in [0.2, 0.25) is 11.4 Å². The quantitative estimate of drug-likeness (QED) is 0.618. The molecule has 22 heavy (non-hydrogen) atoms. The zero-order valence-corrected chi connectivity index (χ0v) is 12.2. The van der Waals surface area contributed by atoms with Gasteiger partial charge in [-0.3, -0.25) is 9.35 Å². The van der Waals surface area contributed by atoms with Crippen molar-refractivity contribution in [1.29, 1.82) is 0 Å². The van der Waals surface area contributed by atoms with E-state index in [1.807, 2.05) is 0 Å². The third kappa shape index (κ3) is 3.40. The van der Waals surface area contributed by atoms with Crippen molar-refractivity contribution in [2.45, 2.75) is 5.60 Å². The maximum Gasteiger partial charge on any atom is 0.398 e. The molecular formula is C15H14O6S. The van der Waals surface area contributed by atoms with E-state index in [1.54, 1.807) is 36.4 Å². The van der Waals surface area contributed by atoms with E-state index >= 15 is 0 Å². The highest BCUT2D eigenvalue weighted by atomic mass is 32.3. The molecule has 116 valence electrons. The van der Waals surface area contributed by atoms with E-state index in [1.165, 1.54) is 24.3 Å². The molecule has 7 heteroatoms. The van der Waals surface area contributed by atoms with Crippen molar-refractivity contribution in [2.24, 2.45) is 0 Å². The normalized spacial score (nSPS) is 14.3. The fourth-order valence-corrected chi connectivity index (χ4v) is 2.70. The Kier molecular flexibility index (Phi) is 4.72. The van der Waals surface area contributed by atoms with Crippen molar-refractivity contribution in [1.82, 2.24) is 0 Å². The van der Waals surface area contributed by atoms with Crippen molar-refractivity contribution in [3.63, 3.8) is 0 Å². The summed E-state index contributed by atoms with van der Waals surface area (Å²) in [7, 11) is -4.98. The van der Waals surface area contributed by atoms with E-state index in [9.17, 15) is 18.3 Å². The molecule has 0 aliphatic rings. The lowest BCUT2D eigenvalue weighted by Crippen LogP contribution is -2.44. The monoisotopic (exact) mass is 322 g/mol. The summed E-state index contributed by atoms with van der Waals surface area (Å²) >= 11 is 0. The van der Waals surface area contributed by atoms with Gasteiger partial charge in [0.25, 0.3) is 0 Å². The van der Waals surface area contributed by atoms with Crippen molar-refractivity contribution in [3.05, 3.63) is 71.8 Å². The third-order valence-electron chi connectivity index (χ3n) is 3.11. The molecule has 0 aliphatic heterocycles. The molecular weight excluding hydrogens is 308 g/mol. The van der Waals surface area contributed by atoms with Crippen molar-refractivity contribution in [2.75, 3.05) is 6.61 Å². The van der Waals surface area contributed by atoms with Crippen molar-refractivity contribution < 1.29 is 27.1 Å². The first kappa shape index (κ1) is 16.3. The standard InChI is InChI=1S/C15H14O6S/c16-11-15(21-22(18,19)20,13-9-5-2-6-10-13)14(17)12-7-3-1-4-8-12/h1-10,16H,11H2,(H,18,19,20). The number of hydrogen-bond donors (Lipinski definition) is 2. The first-order chi connectivity index (χ1) is 10.4. The molecule has 0 aliphatic carbocycles. The van der Waals surface area contributed by atoms with E-state index < -0.39 is 28.4 Å². The molecule has 1 unspecified atom stereocenters. The van der Waals surface area contributed by atoms with Crippen LogP contribution in [0.15, 0.2) is 60.7 Å². The Hall–Kier alpha value is -2.06. The summed E-state index contributed by atoms with van der Waals surface area (Å²) in [5.41, 5.74) is -1.98. The minimum absolute atomic E-state index is 0.115. The SMILES string of the molecule is O=C(c1ccccc1)C(CO)(OS(=O)(=O)O)c1ccccc1. The highest BCUT2D eigenvalue weighted by Gasteiger charge is 2.45. The fraction of sp³-hybridized carbons (Fsp3) is 0.133. The molecule has 2 rings (SSSR count). The van der Waals surface area contributed by atoms with Gasteiger partial charge in [-0.25, -0.2) is 4.18 Å². The van der Waals surface area contributed by atoms with Crippen LogP contribution in [0.25, 0.3) is 0 Å². The minimum Gasteiger partial charge on any atom is -0.392 e. The van der Waals surface area contributed by atoms with Gasteiger partial charge < -0.3 is 5.11 Å². The highest BCUT2D eigenvalue weighted by molar-refractivity contribution is 7.81. The molecule has 0 saturated heterocycles. The average Bonchev–Trinajstić information content (AvgIpc) is 2.53. The number of carbonyl (C=O) groups excluding carboxylic acids is 1. The van der Waals surface area contributed by atoms with Crippen LogP contribution in [0.5, 0.6) is 0 Å². The molecule has 0 bridgehead atoms. The molecule has 0 heterocycles. The van der Waals surface area contributed by atoms with Crippen LogP contribution >= 0.6 is 0 Å². The summed E-state index contributed by atoms with van der Waals surface area (Å²) in [5, 5.41) is 9.70. The number of hydrogen-bond acceptors (Lipinski definition) is 5. The van der Waals surface area contributed by atoms with E-state index in [0.717, 1.165) is 0 Å². The molecule has 1 atom stereocenters. The number of aliphatic hydroxyl groups is 1. The predicted molar refractivity (Wildman–Crippen MR) is 78.6 cm³/mol. The minimum atomic E-state index is -4.98. The van der Waals surface area contributed by atoms with Crippen LogP contribution in [-0.2, 0) is 20.2 Å². The van der Waals surface area contributed by atoms with Gasteiger partial charge in [-0.1, -0.05) is 60.7 Å². The van der Waals surface area contributed by atoms with Crippen LogP contribution in [0.3, 0.4) is 0 Å². The highest BCUT2D eigenvalue weighted by Crippen LogP contribution is 2.31. The molecule has 0 radical (unpaired) electrons. The zero-order chi connectivity index (χ0) is 16.2. The molecule has 0 saturated carbocycles. The maximum atomic E-state index is 12.7. The Bertz CT molecular complexity index is 742. The summed E-state index contributed by atoms with van der Waals surface area (Å²) in [6.45, 7) is -0.954. The number of ketones is 1. The van der Waals surface area contributed by atoms with Gasteiger partial charge in [0, 0.05) is 5.56 Å². The molecule has 2 aromatic rings. The summed E-state index contributed by atoms with van der Waals surface area (Å²) < 4.78 is 36.0. The number of Topliss-reactive ketones (excluding diaryl/α,β-unsaturated/α-hetero) is 1. The lowest BCUT2D eigenvalue weighted by Gasteiger charge is -2.29. The number of rotatable bonds is 6. The van der Waals surface area contributed by atoms with Crippen LogP contribution in [0.4, 0.5) is 0 Å². The predicted octanol–water partition coefficient (Wildman–Crippen LogP) is 1.58. The molecule has 0 aromatic heterocycles. The van der Waals surface area contributed by atoms with Crippen LogP contribution in [0.1, 0.15) is 15.9 Å². The third-order valence-corrected chi connectivity index (χ3v) is 3.61. The van der Waals surface area contributed by atoms with Crippen molar-refractivity contribution >= 4 is 16.2 Å². The lowest BCUT2D eigenvalue weighted by molar-refractivity contribution is 0.00946. The largest absolute Gasteiger partial charge is 0.398 e. The van der Waals surface area contributed by atoms with Crippen LogP contribution < -0.4 is 0 Å². The van der Waals surface area contributed by atoms with Gasteiger partial charge in [0.1, 0.15) is 0 Å². The Balaban J connectivity index is 2.61. The summed E-state index contributed by atoms with van der Waals surface area (Å²) in [6, 6.07) is 15.4. The van der Waals surface area contributed by atoms with Gasteiger partial charge in [0.15, 0.2) is 0 Å². The van der Waals surface area contributed by atoms with E-state index in [0.29, 0.717) is 0 Å². The van der Waals surface area contributed by atoms with Gasteiger partial charge >= 0.3 is 10.4 Å². The van der Waals surface area contributed by atoms with Gasteiger partial charge in [-0.15, -0.1) is 0 Å². The zero-order valence-electron chi connectivity index (χ0n) is 11.4. The number of aliphatic hydroxyl groups excluding tert-OH is 1. The first-order valence-electron chi connectivity index (χ1n) is 6.33. The molecule has 0 fully saturated rings. The Morgan fingerprint density at radius 1 is 1.00 bits per heavy atom. The molecule has 0 amide bonds. The average molecular weight is 322 g/mol. The Labute approximate surface area is 127 Å². The Morgan fingerprint density at radius 2 is 1.50 bits per heavy atom. The topological polar surface area (TPSA) is 101 Å². The van der Waals surface area contributed by atoms with Crippen LogP contribution in [0.2, 0.25) is 0 Å². The fourth-order valence-electron chi connectivity index (χ4n) is 2.12. The number of benzene rings is 2. The molecule has 2 aromatic carbocycles. The second-order valence-electron chi connectivity index (χ2n) is 4.56. The van der Waals surface area contributed by atoms with Crippen molar-refractivity contribution in [3.8, 4) is 0 Å². The summed E-state index contributed by atoms with van der Waals surface area (Å²) in [6.07, 6.45) is 0. The van der Waals surface area contributed by atoms with E-state index in [-0.39, 0.29) is 11.1 Å². The second-order valence-corrected chi connectivity index (χ2v) is 5.58. The summed E-state index contributed by atoms with van der Waals surface area (Å²) in [4.78, 5) is 12.7. The van der Waals surface area contributed by atoms with Gasteiger partial charge in [0.05, 0.1) is 6.61 Å². The van der Waals surface area contributed by atoms with E-state index in [2.05, 4.69) is 4.18 Å².